The molecule has 2 aromatic rings. The first-order valence-corrected chi connectivity index (χ1v) is 10.1. The van der Waals surface area contributed by atoms with Crippen LogP contribution >= 0.6 is 0 Å². The first-order valence-electron chi connectivity index (χ1n) is 8.59. The molecule has 1 unspecified atom stereocenters. The van der Waals surface area contributed by atoms with E-state index in [-0.39, 0.29) is 10.6 Å². The third-order valence-corrected chi connectivity index (χ3v) is 5.37. The summed E-state index contributed by atoms with van der Waals surface area (Å²) in [6, 6.07) is 10.1. The van der Waals surface area contributed by atoms with Crippen LogP contribution in [0.4, 0.5) is 5.69 Å². The van der Waals surface area contributed by atoms with Crippen LogP contribution in [0.25, 0.3) is 0 Å². The second-order valence-electron chi connectivity index (χ2n) is 5.78. The van der Waals surface area contributed by atoms with Crippen molar-refractivity contribution in [3.8, 4) is 17.2 Å². The average molecular weight is 408 g/mol. The largest absolute Gasteiger partial charge is 0.493 e. The average Bonchev–Trinajstić information content (AvgIpc) is 2.68. The molecule has 1 amide bonds. The lowest BCUT2D eigenvalue weighted by Crippen LogP contribution is -2.41. The van der Waals surface area contributed by atoms with Crippen molar-refractivity contribution in [1.82, 2.24) is 4.72 Å². The van der Waals surface area contributed by atoms with Crippen molar-refractivity contribution >= 4 is 21.6 Å². The molecule has 2 rings (SSSR count). The second-order valence-corrected chi connectivity index (χ2v) is 7.49. The minimum atomic E-state index is -3.95. The molecule has 0 saturated heterocycles. The van der Waals surface area contributed by atoms with Crippen LogP contribution in [-0.4, -0.2) is 41.2 Å². The van der Waals surface area contributed by atoms with E-state index in [0.717, 1.165) is 0 Å². The Morgan fingerprint density at radius 2 is 1.71 bits per heavy atom. The first kappa shape index (κ1) is 21.5. The number of sulfonamides is 1. The SMILES string of the molecule is CCOc1ccccc1NC(=O)C(C)NS(=O)(=O)c1ccc(OC)c(OC)c1. The number of carbonyl (C=O) groups is 1. The van der Waals surface area contributed by atoms with Crippen LogP contribution in [0.5, 0.6) is 17.2 Å². The van der Waals surface area contributed by atoms with Gasteiger partial charge in [-0.1, -0.05) is 12.1 Å². The molecule has 0 bridgehead atoms. The van der Waals surface area contributed by atoms with Crippen LogP contribution in [-0.2, 0) is 14.8 Å². The molecule has 0 heterocycles. The van der Waals surface area contributed by atoms with Gasteiger partial charge in [0.05, 0.1) is 37.5 Å². The molecule has 0 aliphatic carbocycles. The number of methoxy groups -OCH3 is 2. The number of amides is 1. The van der Waals surface area contributed by atoms with Crippen LogP contribution in [0.1, 0.15) is 13.8 Å². The lowest BCUT2D eigenvalue weighted by molar-refractivity contribution is -0.117. The maximum absolute atomic E-state index is 12.6. The molecule has 1 atom stereocenters. The summed E-state index contributed by atoms with van der Waals surface area (Å²) in [4.78, 5) is 12.4. The molecule has 2 aromatic carbocycles. The number of ether oxygens (including phenoxy) is 3. The molecule has 0 aromatic heterocycles. The molecule has 8 nitrogen and oxygen atoms in total. The summed E-state index contributed by atoms with van der Waals surface area (Å²) in [5.74, 6) is 0.664. The number of anilines is 1. The van der Waals surface area contributed by atoms with Gasteiger partial charge in [0, 0.05) is 6.07 Å². The number of hydrogen-bond donors (Lipinski definition) is 2. The van der Waals surface area contributed by atoms with E-state index in [9.17, 15) is 13.2 Å². The highest BCUT2D eigenvalue weighted by molar-refractivity contribution is 7.89. The van der Waals surface area contributed by atoms with Gasteiger partial charge >= 0.3 is 0 Å². The standard InChI is InChI=1S/C19H24N2O6S/c1-5-27-16-9-7-6-8-15(16)20-19(22)13(2)21-28(23,24)14-10-11-17(25-3)18(12-14)26-4/h6-13,21H,5H2,1-4H3,(H,20,22). The van der Waals surface area contributed by atoms with E-state index in [1.54, 1.807) is 24.3 Å². The number of nitrogens with one attached hydrogen (secondary N) is 2. The highest BCUT2D eigenvalue weighted by Crippen LogP contribution is 2.29. The van der Waals surface area contributed by atoms with Gasteiger partial charge in [0.1, 0.15) is 5.75 Å². The Kier molecular flexibility index (Phi) is 7.24. The Morgan fingerprint density at radius 3 is 2.36 bits per heavy atom. The molecule has 152 valence electrons. The Hall–Kier alpha value is -2.78. The van der Waals surface area contributed by atoms with Crippen LogP contribution in [0.3, 0.4) is 0 Å². The van der Waals surface area contributed by atoms with E-state index in [1.807, 2.05) is 6.92 Å². The molecule has 0 radical (unpaired) electrons. The van der Waals surface area contributed by atoms with E-state index in [4.69, 9.17) is 14.2 Å². The van der Waals surface area contributed by atoms with Gasteiger partial charge in [0.2, 0.25) is 15.9 Å². The molecule has 0 saturated carbocycles. The minimum Gasteiger partial charge on any atom is -0.493 e. The lowest BCUT2D eigenvalue weighted by Gasteiger charge is -2.17. The molecule has 2 N–H and O–H groups in total. The van der Waals surface area contributed by atoms with Crippen molar-refractivity contribution in [3.05, 3.63) is 42.5 Å². The van der Waals surface area contributed by atoms with Gasteiger partial charge < -0.3 is 19.5 Å². The highest BCUT2D eigenvalue weighted by Gasteiger charge is 2.24. The molecular weight excluding hydrogens is 384 g/mol. The molecule has 0 spiro atoms. The van der Waals surface area contributed by atoms with Gasteiger partial charge in [-0.15, -0.1) is 0 Å². The molecule has 0 aliphatic heterocycles. The summed E-state index contributed by atoms with van der Waals surface area (Å²) < 4.78 is 43.3. The fraction of sp³-hybridized carbons (Fsp3) is 0.316. The zero-order valence-electron chi connectivity index (χ0n) is 16.2. The van der Waals surface area contributed by atoms with E-state index in [1.165, 1.54) is 39.3 Å². The Bertz CT molecular complexity index is 930. The maximum atomic E-state index is 12.6. The molecule has 0 fully saturated rings. The topological polar surface area (TPSA) is 103 Å². The summed E-state index contributed by atoms with van der Waals surface area (Å²) in [5, 5.41) is 2.67. The zero-order valence-corrected chi connectivity index (χ0v) is 17.0. The summed E-state index contributed by atoms with van der Waals surface area (Å²) >= 11 is 0. The van der Waals surface area contributed by atoms with Gasteiger partial charge in [-0.25, -0.2) is 8.42 Å². The van der Waals surface area contributed by atoms with Crippen LogP contribution in [0.15, 0.2) is 47.4 Å². The van der Waals surface area contributed by atoms with Crippen LogP contribution < -0.4 is 24.2 Å². The molecule has 28 heavy (non-hydrogen) atoms. The number of rotatable bonds is 9. The smallest absolute Gasteiger partial charge is 0.242 e. The minimum absolute atomic E-state index is 0.0421. The van der Waals surface area contributed by atoms with Crippen molar-refractivity contribution in [2.24, 2.45) is 0 Å². The molecule has 0 aliphatic rings. The summed E-state index contributed by atoms with van der Waals surface area (Å²) in [5.41, 5.74) is 0.464. The number of para-hydroxylation sites is 2. The highest BCUT2D eigenvalue weighted by atomic mass is 32.2. The van der Waals surface area contributed by atoms with E-state index < -0.39 is 22.0 Å². The fourth-order valence-electron chi connectivity index (χ4n) is 2.43. The third kappa shape index (κ3) is 5.14. The van der Waals surface area contributed by atoms with Gasteiger partial charge in [-0.3, -0.25) is 4.79 Å². The van der Waals surface area contributed by atoms with Gasteiger partial charge in [-0.2, -0.15) is 4.72 Å². The normalized spacial score (nSPS) is 12.1. The van der Waals surface area contributed by atoms with Gasteiger partial charge in [0.25, 0.3) is 0 Å². The predicted octanol–water partition coefficient (Wildman–Crippen LogP) is 2.41. The number of benzene rings is 2. The van der Waals surface area contributed by atoms with E-state index in [2.05, 4.69) is 10.0 Å². The molecular formula is C19H24N2O6S. The second kappa shape index (κ2) is 9.43. The van der Waals surface area contributed by atoms with Gasteiger partial charge in [0.15, 0.2) is 11.5 Å². The number of hydrogen-bond acceptors (Lipinski definition) is 6. The lowest BCUT2D eigenvalue weighted by atomic mass is 10.2. The van der Waals surface area contributed by atoms with Crippen molar-refractivity contribution in [2.45, 2.75) is 24.8 Å². The summed E-state index contributed by atoms with van der Waals surface area (Å²) in [7, 11) is -1.09. The van der Waals surface area contributed by atoms with Gasteiger partial charge in [-0.05, 0) is 38.1 Å². The van der Waals surface area contributed by atoms with Crippen molar-refractivity contribution in [3.63, 3.8) is 0 Å². The quantitative estimate of drug-likeness (QED) is 0.661. The maximum Gasteiger partial charge on any atom is 0.242 e. The Labute approximate surface area is 164 Å². The van der Waals surface area contributed by atoms with Crippen molar-refractivity contribution < 1.29 is 27.4 Å². The van der Waals surface area contributed by atoms with Crippen LogP contribution in [0.2, 0.25) is 0 Å². The monoisotopic (exact) mass is 408 g/mol. The first-order chi connectivity index (χ1) is 13.3. The van der Waals surface area contributed by atoms with Crippen molar-refractivity contribution in [2.75, 3.05) is 26.1 Å². The summed E-state index contributed by atoms with van der Waals surface area (Å²) in [6.07, 6.45) is 0. The van der Waals surface area contributed by atoms with E-state index >= 15 is 0 Å². The molecule has 9 heteroatoms. The van der Waals surface area contributed by atoms with E-state index in [0.29, 0.717) is 23.8 Å². The van der Waals surface area contributed by atoms with Crippen molar-refractivity contribution in [1.29, 1.82) is 0 Å². The fourth-order valence-corrected chi connectivity index (χ4v) is 3.65. The Balaban J connectivity index is 2.15. The third-order valence-electron chi connectivity index (χ3n) is 3.84. The summed E-state index contributed by atoms with van der Waals surface area (Å²) in [6.45, 7) is 3.73. The Morgan fingerprint density at radius 1 is 1.04 bits per heavy atom. The van der Waals surface area contributed by atoms with Crippen LogP contribution in [0, 0.1) is 0 Å². The predicted molar refractivity (Wildman–Crippen MR) is 106 cm³/mol. The number of carbonyl (C=O) groups excluding carboxylic acids is 1. The zero-order chi connectivity index (χ0) is 20.7.